The van der Waals surface area contributed by atoms with E-state index in [1.54, 1.807) is 30.3 Å². The first-order chi connectivity index (χ1) is 11.9. The van der Waals surface area contributed by atoms with E-state index in [0.717, 1.165) is 12.1 Å². The molecule has 0 saturated heterocycles. The molecule has 0 fully saturated rings. The van der Waals surface area contributed by atoms with Crippen molar-refractivity contribution in [3.8, 4) is 0 Å². The Bertz CT molecular complexity index is 798. The van der Waals surface area contributed by atoms with Gasteiger partial charge in [-0.05, 0) is 37.3 Å². The quantitative estimate of drug-likeness (QED) is 0.645. The Morgan fingerprint density at radius 1 is 1.08 bits per heavy atom. The largest absolute Gasteiger partial charge is 0.449 e. The first-order valence-electron chi connectivity index (χ1n) is 7.19. The maximum atomic E-state index is 13.7. The topological polar surface area (TPSA) is 84.5 Å². The van der Waals surface area contributed by atoms with E-state index in [9.17, 15) is 18.8 Å². The lowest BCUT2D eigenvalue weighted by Crippen LogP contribution is -2.46. The van der Waals surface area contributed by atoms with Crippen LogP contribution in [0.25, 0.3) is 0 Å². The van der Waals surface area contributed by atoms with Gasteiger partial charge >= 0.3 is 5.97 Å². The Balaban J connectivity index is 1.89. The number of hydrazine groups is 1. The van der Waals surface area contributed by atoms with Crippen molar-refractivity contribution < 1.29 is 23.5 Å². The molecule has 1 atom stereocenters. The normalized spacial score (nSPS) is 11.3. The SMILES string of the molecule is C[C@H](OC(=O)c1ccc(Cl)cc1F)C(=O)NNC(=O)c1ccccc1. The molecular weight excluding hydrogens is 351 g/mol. The van der Waals surface area contributed by atoms with Crippen molar-refractivity contribution in [2.45, 2.75) is 13.0 Å². The first-order valence-corrected chi connectivity index (χ1v) is 7.57. The van der Waals surface area contributed by atoms with Gasteiger partial charge < -0.3 is 4.74 Å². The van der Waals surface area contributed by atoms with Crippen LogP contribution in [-0.4, -0.2) is 23.9 Å². The fraction of sp³-hybridized carbons (Fsp3) is 0.118. The Hall–Kier alpha value is -2.93. The number of carbonyl (C=O) groups excluding carboxylic acids is 3. The van der Waals surface area contributed by atoms with Crippen molar-refractivity contribution in [2.75, 3.05) is 0 Å². The maximum absolute atomic E-state index is 13.7. The van der Waals surface area contributed by atoms with Crippen LogP contribution in [0.1, 0.15) is 27.6 Å². The monoisotopic (exact) mass is 364 g/mol. The second-order valence-corrected chi connectivity index (χ2v) is 5.42. The molecule has 8 heteroatoms. The lowest BCUT2D eigenvalue weighted by molar-refractivity contribution is -0.129. The van der Waals surface area contributed by atoms with Crippen molar-refractivity contribution in [3.05, 3.63) is 70.5 Å². The van der Waals surface area contributed by atoms with Gasteiger partial charge in [-0.1, -0.05) is 29.8 Å². The fourth-order valence-corrected chi connectivity index (χ4v) is 1.97. The zero-order valence-electron chi connectivity index (χ0n) is 13.1. The summed E-state index contributed by atoms with van der Waals surface area (Å²) >= 11 is 5.60. The third-order valence-corrected chi connectivity index (χ3v) is 3.37. The molecule has 0 aliphatic rings. The number of halogens is 2. The van der Waals surface area contributed by atoms with Crippen LogP contribution < -0.4 is 10.9 Å². The van der Waals surface area contributed by atoms with E-state index in [2.05, 4.69) is 10.9 Å². The lowest BCUT2D eigenvalue weighted by Gasteiger charge is -2.14. The average Bonchev–Trinajstić information content (AvgIpc) is 2.59. The second kappa shape index (κ2) is 8.25. The minimum absolute atomic E-state index is 0.128. The number of amides is 2. The minimum atomic E-state index is -1.25. The van der Waals surface area contributed by atoms with E-state index in [1.807, 2.05) is 0 Å². The molecule has 25 heavy (non-hydrogen) atoms. The Labute approximate surface area is 147 Å². The standard InChI is InChI=1S/C17H14ClFN2O4/c1-10(25-17(24)13-8-7-12(18)9-14(13)19)15(22)20-21-16(23)11-5-3-2-4-6-11/h2-10H,1H3,(H,20,22)(H,21,23)/t10-/m0/s1. The van der Waals surface area contributed by atoms with Crippen molar-refractivity contribution in [3.63, 3.8) is 0 Å². The van der Waals surface area contributed by atoms with Gasteiger partial charge in [0.1, 0.15) is 5.82 Å². The van der Waals surface area contributed by atoms with E-state index < -0.39 is 29.7 Å². The molecule has 6 nitrogen and oxygen atoms in total. The highest BCUT2D eigenvalue weighted by molar-refractivity contribution is 6.30. The summed E-state index contributed by atoms with van der Waals surface area (Å²) < 4.78 is 18.5. The van der Waals surface area contributed by atoms with E-state index in [1.165, 1.54) is 13.0 Å². The molecule has 0 spiro atoms. The molecule has 0 saturated carbocycles. The number of benzene rings is 2. The van der Waals surface area contributed by atoms with Crippen LogP contribution in [-0.2, 0) is 9.53 Å². The second-order valence-electron chi connectivity index (χ2n) is 4.98. The number of esters is 1. The summed E-state index contributed by atoms with van der Waals surface area (Å²) in [6.45, 7) is 1.29. The highest BCUT2D eigenvalue weighted by Gasteiger charge is 2.21. The third kappa shape index (κ3) is 5.02. The van der Waals surface area contributed by atoms with Crippen LogP contribution in [0.4, 0.5) is 4.39 Å². The van der Waals surface area contributed by atoms with Gasteiger partial charge in [0.25, 0.3) is 11.8 Å². The zero-order chi connectivity index (χ0) is 18.4. The zero-order valence-corrected chi connectivity index (χ0v) is 13.8. The molecule has 0 heterocycles. The number of rotatable bonds is 4. The molecule has 0 radical (unpaired) electrons. The molecule has 0 bridgehead atoms. The average molecular weight is 365 g/mol. The predicted octanol–water partition coefficient (Wildman–Crippen LogP) is 2.49. The summed E-state index contributed by atoms with van der Waals surface area (Å²) in [5.41, 5.74) is 4.31. The molecule has 2 rings (SSSR count). The van der Waals surface area contributed by atoms with Gasteiger partial charge in [-0.15, -0.1) is 0 Å². The van der Waals surface area contributed by atoms with E-state index in [4.69, 9.17) is 16.3 Å². The first kappa shape index (κ1) is 18.4. The summed E-state index contributed by atoms with van der Waals surface area (Å²) in [4.78, 5) is 35.5. The third-order valence-electron chi connectivity index (χ3n) is 3.14. The number of hydrogen-bond donors (Lipinski definition) is 2. The van der Waals surface area contributed by atoms with Crippen LogP contribution in [0.3, 0.4) is 0 Å². The van der Waals surface area contributed by atoms with E-state index in [-0.39, 0.29) is 10.6 Å². The van der Waals surface area contributed by atoms with Crippen molar-refractivity contribution in [1.29, 1.82) is 0 Å². The highest BCUT2D eigenvalue weighted by Crippen LogP contribution is 2.16. The van der Waals surface area contributed by atoms with Gasteiger partial charge in [-0.25, -0.2) is 9.18 Å². The van der Waals surface area contributed by atoms with Crippen molar-refractivity contribution in [2.24, 2.45) is 0 Å². The van der Waals surface area contributed by atoms with Crippen molar-refractivity contribution >= 4 is 29.4 Å². The van der Waals surface area contributed by atoms with Gasteiger partial charge in [0.2, 0.25) is 0 Å². The molecule has 0 aliphatic carbocycles. The Morgan fingerprint density at radius 3 is 2.40 bits per heavy atom. The van der Waals surface area contributed by atoms with Crippen LogP contribution in [0.5, 0.6) is 0 Å². The van der Waals surface area contributed by atoms with Crippen LogP contribution in [0, 0.1) is 5.82 Å². The van der Waals surface area contributed by atoms with Crippen LogP contribution in [0.15, 0.2) is 48.5 Å². The van der Waals surface area contributed by atoms with Gasteiger partial charge in [-0.2, -0.15) is 0 Å². The summed E-state index contributed by atoms with van der Waals surface area (Å²) in [6, 6.07) is 11.6. The van der Waals surface area contributed by atoms with Gasteiger partial charge in [0.15, 0.2) is 6.10 Å². The van der Waals surface area contributed by atoms with Crippen LogP contribution in [0.2, 0.25) is 5.02 Å². The summed E-state index contributed by atoms with van der Waals surface area (Å²) in [6.07, 6.45) is -1.25. The molecule has 2 amide bonds. The van der Waals surface area contributed by atoms with E-state index >= 15 is 0 Å². The predicted molar refractivity (Wildman–Crippen MR) is 88.3 cm³/mol. The molecule has 2 aromatic rings. The molecule has 130 valence electrons. The highest BCUT2D eigenvalue weighted by atomic mass is 35.5. The summed E-state index contributed by atoms with van der Waals surface area (Å²) in [5.74, 6) is -3.18. The maximum Gasteiger partial charge on any atom is 0.341 e. The Kier molecular flexibility index (Phi) is 6.08. The smallest absolute Gasteiger partial charge is 0.341 e. The minimum Gasteiger partial charge on any atom is -0.449 e. The number of nitrogens with one attached hydrogen (secondary N) is 2. The molecule has 2 aromatic carbocycles. The number of ether oxygens (including phenoxy) is 1. The summed E-state index contributed by atoms with van der Waals surface area (Å²) in [5, 5.41) is 0.128. The van der Waals surface area contributed by atoms with Gasteiger partial charge in [0.05, 0.1) is 5.56 Å². The van der Waals surface area contributed by atoms with Gasteiger partial charge in [-0.3, -0.25) is 20.4 Å². The molecular formula is C17H14ClFN2O4. The Morgan fingerprint density at radius 2 is 1.76 bits per heavy atom. The molecule has 2 N–H and O–H groups in total. The number of carbonyl (C=O) groups is 3. The summed E-state index contributed by atoms with van der Waals surface area (Å²) in [7, 11) is 0. The molecule has 0 unspecified atom stereocenters. The molecule has 0 aromatic heterocycles. The fourth-order valence-electron chi connectivity index (χ4n) is 1.81. The number of hydrogen-bond acceptors (Lipinski definition) is 4. The van der Waals surface area contributed by atoms with Gasteiger partial charge in [0, 0.05) is 10.6 Å². The lowest BCUT2D eigenvalue weighted by atomic mass is 10.2. The van der Waals surface area contributed by atoms with Crippen LogP contribution >= 0.6 is 11.6 Å². The molecule has 0 aliphatic heterocycles. The van der Waals surface area contributed by atoms with E-state index in [0.29, 0.717) is 5.56 Å². The van der Waals surface area contributed by atoms with Crippen molar-refractivity contribution in [1.82, 2.24) is 10.9 Å².